The molecule has 6 heteroatoms. The lowest BCUT2D eigenvalue weighted by Crippen LogP contribution is -2.16. The third-order valence-corrected chi connectivity index (χ3v) is 7.77. The van der Waals surface area contributed by atoms with Crippen molar-refractivity contribution in [3.05, 3.63) is 64.3 Å². The molecule has 3 aromatic rings. The van der Waals surface area contributed by atoms with Crippen molar-refractivity contribution in [3.8, 4) is 5.75 Å². The average Bonchev–Trinajstić information content (AvgIpc) is 3.37. The highest BCUT2D eigenvalue weighted by molar-refractivity contribution is 5.87. The number of alkyl halides is 2. The van der Waals surface area contributed by atoms with Crippen LogP contribution < -0.4 is 4.74 Å². The Bertz CT molecular complexity index is 1220. The fourth-order valence-electron chi connectivity index (χ4n) is 6.00. The number of carbonyl (C=O) groups is 1. The van der Waals surface area contributed by atoms with Gasteiger partial charge < -0.3 is 14.8 Å². The van der Waals surface area contributed by atoms with E-state index in [1.54, 1.807) is 6.07 Å². The molecule has 1 heterocycles. The number of aliphatic carboxylic acids is 1. The minimum atomic E-state index is -2.89. The van der Waals surface area contributed by atoms with Crippen LogP contribution in [0.1, 0.15) is 85.7 Å². The van der Waals surface area contributed by atoms with Gasteiger partial charge in [0.15, 0.2) is 0 Å². The van der Waals surface area contributed by atoms with Gasteiger partial charge in [0.1, 0.15) is 12.4 Å². The quantitative estimate of drug-likeness (QED) is 0.350. The van der Waals surface area contributed by atoms with Gasteiger partial charge in [-0.2, -0.15) is 0 Å². The third kappa shape index (κ3) is 5.21. The second-order valence-corrected chi connectivity index (χ2v) is 10.4. The molecule has 0 radical (unpaired) electrons. The lowest BCUT2D eigenvalue weighted by atomic mass is 9.83. The highest BCUT2D eigenvalue weighted by Gasteiger charge is 2.30. The number of halogens is 2. The van der Waals surface area contributed by atoms with Crippen LogP contribution in [0.4, 0.5) is 8.78 Å². The van der Waals surface area contributed by atoms with Gasteiger partial charge in [-0.25, -0.2) is 8.78 Å². The fourth-order valence-corrected chi connectivity index (χ4v) is 6.00. The molecule has 35 heavy (non-hydrogen) atoms. The molecule has 1 aromatic heterocycles. The standard InChI is InChI=1S/C29H33F2NO3/c1-29(30,31)25-14-19(7-8-20(25)13-18-5-3-2-4-6-18)17-35-22-10-12-26-24(16-22)23-11-9-21(15-27(33)34)28(23)32-26/h7-8,10,12,14,16,18,21,32H,2-6,9,11,13,15,17H2,1H3,(H,33,34). The number of carboxylic acid groups (broad SMARTS) is 1. The number of aromatic nitrogens is 1. The first-order valence-electron chi connectivity index (χ1n) is 12.8. The number of rotatable bonds is 8. The number of hydrogen-bond donors (Lipinski definition) is 2. The third-order valence-electron chi connectivity index (χ3n) is 7.77. The number of H-pyrrole nitrogens is 1. The zero-order valence-corrected chi connectivity index (χ0v) is 20.2. The van der Waals surface area contributed by atoms with Gasteiger partial charge >= 0.3 is 5.97 Å². The minimum absolute atomic E-state index is 0.0144. The summed E-state index contributed by atoms with van der Waals surface area (Å²) in [5.41, 5.74) is 4.76. The van der Waals surface area contributed by atoms with Gasteiger partial charge in [0.25, 0.3) is 5.92 Å². The van der Waals surface area contributed by atoms with Crippen LogP contribution in [-0.4, -0.2) is 16.1 Å². The zero-order valence-electron chi connectivity index (χ0n) is 20.2. The Morgan fingerprint density at radius 2 is 1.91 bits per heavy atom. The topological polar surface area (TPSA) is 62.3 Å². The van der Waals surface area contributed by atoms with Gasteiger partial charge in [0, 0.05) is 35.0 Å². The zero-order chi connectivity index (χ0) is 24.6. The molecule has 1 fully saturated rings. The van der Waals surface area contributed by atoms with Gasteiger partial charge in [-0.15, -0.1) is 0 Å². The monoisotopic (exact) mass is 481 g/mol. The maximum atomic E-state index is 14.5. The molecule has 0 saturated heterocycles. The van der Waals surface area contributed by atoms with Crippen LogP contribution in [0.2, 0.25) is 0 Å². The van der Waals surface area contributed by atoms with Gasteiger partial charge in [0.2, 0.25) is 0 Å². The number of aryl methyl sites for hydroxylation is 1. The van der Waals surface area contributed by atoms with E-state index in [2.05, 4.69) is 4.98 Å². The molecule has 0 aliphatic heterocycles. The highest BCUT2D eigenvalue weighted by atomic mass is 19.3. The van der Waals surface area contributed by atoms with Crippen molar-refractivity contribution in [2.45, 2.75) is 83.2 Å². The molecule has 2 aliphatic carbocycles. The maximum Gasteiger partial charge on any atom is 0.304 e. The van der Waals surface area contributed by atoms with Crippen molar-refractivity contribution in [2.24, 2.45) is 5.92 Å². The predicted molar refractivity (Wildman–Crippen MR) is 132 cm³/mol. The Morgan fingerprint density at radius 1 is 1.11 bits per heavy atom. The van der Waals surface area contributed by atoms with Crippen LogP contribution in [-0.2, 0) is 30.2 Å². The first-order valence-corrected chi connectivity index (χ1v) is 12.8. The largest absolute Gasteiger partial charge is 0.489 e. The molecule has 4 nitrogen and oxygen atoms in total. The first kappa shape index (κ1) is 23.8. The smallest absolute Gasteiger partial charge is 0.304 e. The Hall–Kier alpha value is -2.89. The molecule has 1 atom stereocenters. The van der Waals surface area contributed by atoms with Crippen LogP contribution in [0.5, 0.6) is 5.75 Å². The summed E-state index contributed by atoms with van der Waals surface area (Å²) >= 11 is 0. The number of aromatic amines is 1. The summed E-state index contributed by atoms with van der Waals surface area (Å²) < 4.78 is 35.0. The van der Waals surface area contributed by atoms with E-state index in [4.69, 9.17) is 4.74 Å². The number of fused-ring (bicyclic) bond motifs is 3. The van der Waals surface area contributed by atoms with E-state index in [0.29, 0.717) is 11.7 Å². The second kappa shape index (κ2) is 9.63. The van der Waals surface area contributed by atoms with Crippen molar-refractivity contribution >= 4 is 16.9 Å². The molecule has 0 bridgehead atoms. The Labute approximate surface area is 204 Å². The molecule has 5 rings (SSSR count). The summed E-state index contributed by atoms with van der Waals surface area (Å²) in [6, 6.07) is 11.2. The van der Waals surface area contributed by atoms with Crippen molar-refractivity contribution < 1.29 is 23.4 Å². The molecular weight excluding hydrogens is 448 g/mol. The van der Waals surface area contributed by atoms with Crippen LogP contribution in [0, 0.1) is 5.92 Å². The maximum absolute atomic E-state index is 14.5. The van der Waals surface area contributed by atoms with Crippen LogP contribution >= 0.6 is 0 Å². The molecule has 186 valence electrons. The van der Waals surface area contributed by atoms with E-state index in [9.17, 15) is 18.7 Å². The highest BCUT2D eigenvalue weighted by Crippen LogP contribution is 2.40. The van der Waals surface area contributed by atoms with E-state index < -0.39 is 11.9 Å². The van der Waals surface area contributed by atoms with Crippen molar-refractivity contribution in [2.75, 3.05) is 0 Å². The average molecular weight is 482 g/mol. The van der Waals surface area contributed by atoms with Crippen LogP contribution in [0.25, 0.3) is 10.9 Å². The molecule has 1 unspecified atom stereocenters. The Balaban J connectivity index is 1.32. The molecule has 2 N–H and O–H groups in total. The summed E-state index contributed by atoms with van der Waals surface area (Å²) in [5.74, 6) is -2.49. The summed E-state index contributed by atoms with van der Waals surface area (Å²) in [6.07, 6.45) is 8.42. The molecule has 2 aromatic carbocycles. The van der Waals surface area contributed by atoms with E-state index in [1.807, 2.05) is 30.3 Å². The fraction of sp³-hybridized carbons (Fsp3) is 0.483. The number of hydrogen-bond acceptors (Lipinski definition) is 2. The van der Waals surface area contributed by atoms with Crippen molar-refractivity contribution in [1.82, 2.24) is 4.98 Å². The van der Waals surface area contributed by atoms with Crippen molar-refractivity contribution in [3.63, 3.8) is 0 Å². The first-order chi connectivity index (χ1) is 16.8. The van der Waals surface area contributed by atoms with Crippen LogP contribution in [0.3, 0.4) is 0 Å². The summed E-state index contributed by atoms with van der Waals surface area (Å²) in [6.45, 7) is 1.20. The number of nitrogens with one attached hydrogen (secondary N) is 1. The Kier molecular flexibility index (Phi) is 6.56. The summed E-state index contributed by atoms with van der Waals surface area (Å²) in [5, 5.41) is 10.2. The van der Waals surface area contributed by atoms with Gasteiger partial charge in [0.05, 0.1) is 6.42 Å². The van der Waals surface area contributed by atoms with E-state index in [-0.39, 0.29) is 24.5 Å². The van der Waals surface area contributed by atoms with Gasteiger partial charge in [-0.3, -0.25) is 4.79 Å². The minimum Gasteiger partial charge on any atom is -0.489 e. The predicted octanol–water partition coefficient (Wildman–Crippen LogP) is 7.49. The van der Waals surface area contributed by atoms with E-state index in [0.717, 1.165) is 72.3 Å². The lowest BCUT2D eigenvalue weighted by molar-refractivity contribution is -0.137. The SMILES string of the molecule is CC(F)(F)c1cc(COc2ccc3[nH]c4c(c3c2)CCC4CC(=O)O)ccc1CC1CCCCC1. The second-order valence-electron chi connectivity index (χ2n) is 10.4. The lowest BCUT2D eigenvalue weighted by Gasteiger charge is -2.24. The van der Waals surface area contributed by atoms with E-state index >= 15 is 0 Å². The molecule has 2 aliphatic rings. The Morgan fingerprint density at radius 3 is 2.66 bits per heavy atom. The molecule has 1 saturated carbocycles. The summed E-state index contributed by atoms with van der Waals surface area (Å²) in [4.78, 5) is 14.6. The molecule has 0 spiro atoms. The summed E-state index contributed by atoms with van der Waals surface area (Å²) in [7, 11) is 0. The number of ether oxygens (including phenoxy) is 1. The number of carboxylic acids is 1. The number of benzene rings is 2. The van der Waals surface area contributed by atoms with Gasteiger partial charge in [-0.05, 0) is 66.1 Å². The van der Waals surface area contributed by atoms with Crippen molar-refractivity contribution in [1.29, 1.82) is 0 Å². The molecule has 0 amide bonds. The normalized spacial score (nSPS) is 18.7. The molecular formula is C29H33F2NO3. The van der Waals surface area contributed by atoms with E-state index in [1.165, 1.54) is 19.3 Å². The van der Waals surface area contributed by atoms with Crippen LogP contribution in [0.15, 0.2) is 36.4 Å². The van der Waals surface area contributed by atoms with Gasteiger partial charge in [-0.1, -0.05) is 44.2 Å².